The van der Waals surface area contributed by atoms with Crippen LogP contribution < -0.4 is 0 Å². The van der Waals surface area contributed by atoms with Gasteiger partial charge in [0.05, 0.1) is 39.6 Å². The summed E-state index contributed by atoms with van der Waals surface area (Å²) in [6.07, 6.45) is 55.7. The third kappa shape index (κ3) is 45.3. The molecule has 0 radical (unpaired) electrons. The Labute approximate surface area is 575 Å². The van der Waals surface area contributed by atoms with Crippen LogP contribution in [0.1, 0.15) is 386 Å². The number of hydrogen-bond donors (Lipinski definition) is 10. The molecular formula is C78H154O16. The van der Waals surface area contributed by atoms with E-state index in [0.717, 1.165) is 51.4 Å². The molecule has 0 bridgehead atoms. The van der Waals surface area contributed by atoms with Crippen molar-refractivity contribution >= 4 is 0 Å². The average molecular weight is 1350 g/mol. The van der Waals surface area contributed by atoms with Crippen LogP contribution >= 0.6 is 0 Å². The van der Waals surface area contributed by atoms with Gasteiger partial charge in [-0.05, 0) is 12.8 Å². The summed E-state index contributed by atoms with van der Waals surface area (Å²) in [7, 11) is 0. The van der Waals surface area contributed by atoms with Crippen LogP contribution in [-0.2, 0) is 28.4 Å². The topological polar surface area (TPSA) is 258 Å². The largest absolute Gasteiger partial charge is 0.387 e. The Hall–Kier alpha value is -0.640. The number of hydrogen-bond acceptors (Lipinski definition) is 16. The van der Waals surface area contributed by atoms with Crippen molar-refractivity contribution < 1.29 is 79.5 Å². The van der Waals surface area contributed by atoms with Crippen LogP contribution in [0.15, 0.2) is 0 Å². The number of aliphatic hydroxyl groups excluding tert-OH is 8. The van der Waals surface area contributed by atoms with Crippen molar-refractivity contribution in [1.82, 2.24) is 0 Å². The van der Waals surface area contributed by atoms with E-state index in [9.17, 15) is 51.1 Å². The van der Waals surface area contributed by atoms with Crippen LogP contribution in [0.4, 0.5) is 0 Å². The Morgan fingerprint density at radius 1 is 0.255 bits per heavy atom. The van der Waals surface area contributed by atoms with E-state index in [-0.39, 0.29) is 52.5 Å². The van der Waals surface area contributed by atoms with Crippen molar-refractivity contribution in [2.75, 3.05) is 39.6 Å². The highest BCUT2D eigenvalue weighted by atomic mass is 16.7. The number of ether oxygens (including phenoxy) is 6. The van der Waals surface area contributed by atoms with E-state index in [1.165, 1.54) is 295 Å². The summed E-state index contributed by atoms with van der Waals surface area (Å²) in [5.41, 5.74) is 0. The maximum atomic E-state index is 11.2. The van der Waals surface area contributed by atoms with E-state index in [2.05, 4.69) is 13.8 Å². The normalized spacial score (nSPS) is 24.0. The molecule has 2 heterocycles. The van der Waals surface area contributed by atoms with Gasteiger partial charge in [-0.25, -0.2) is 0 Å². The van der Waals surface area contributed by atoms with Gasteiger partial charge in [-0.2, -0.15) is 0 Å². The van der Waals surface area contributed by atoms with E-state index in [4.69, 9.17) is 28.4 Å². The van der Waals surface area contributed by atoms with E-state index in [1.54, 1.807) is 0 Å². The molecular weight excluding hydrogens is 1190 g/mol. The second kappa shape index (κ2) is 62.2. The molecule has 2 rings (SSSR count). The van der Waals surface area contributed by atoms with Crippen molar-refractivity contribution in [2.24, 2.45) is 0 Å². The molecule has 562 valence electrons. The minimum absolute atomic E-state index is 0.0143. The molecule has 16 nitrogen and oxygen atoms in total. The Kier molecular flexibility index (Phi) is 59.2. The van der Waals surface area contributed by atoms with Crippen molar-refractivity contribution in [1.29, 1.82) is 0 Å². The predicted octanol–water partition coefficient (Wildman–Crippen LogP) is 16.7. The molecule has 94 heavy (non-hydrogen) atoms. The van der Waals surface area contributed by atoms with Crippen LogP contribution in [-0.4, -0.2) is 164 Å². The maximum absolute atomic E-state index is 11.2. The van der Waals surface area contributed by atoms with E-state index in [0.29, 0.717) is 12.8 Å². The molecule has 2 aliphatic rings. The SMILES string of the molecule is CCCCCCCCCCCCCCCCCCCCCCCCCCCCCC[C@@]1(O)O[C@H](C(O)OCCOCCOCCOC(O)[C@H]2O[C@](O)(CCCCCCCCCCCCCCCCCCCCCCCCCCCCCC)[C@H](O)[C@@H](O)[C@@H]2O)[C@@H](O)[C@H](O)[C@H]1O. The predicted molar refractivity (Wildman–Crippen MR) is 380 cm³/mol. The molecule has 0 saturated carbocycles. The number of aliphatic hydroxyl groups is 10. The van der Waals surface area contributed by atoms with Crippen LogP contribution in [0.3, 0.4) is 0 Å². The van der Waals surface area contributed by atoms with Crippen LogP contribution in [0, 0.1) is 0 Å². The van der Waals surface area contributed by atoms with Gasteiger partial charge >= 0.3 is 0 Å². The zero-order chi connectivity index (χ0) is 68.3. The molecule has 0 amide bonds. The number of unbranched alkanes of at least 4 members (excludes halogenated alkanes) is 54. The average Bonchev–Trinajstić information content (AvgIpc) is 0.790. The summed E-state index contributed by atoms with van der Waals surface area (Å²) in [6.45, 7) is 4.59. The third-order valence-electron chi connectivity index (χ3n) is 20.4. The Bertz CT molecular complexity index is 1470. The van der Waals surface area contributed by atoms with Gasteiger partial charge < -0.3 is 79.5 Å². The molecule has 16 heteroatoms. The lowest BCUT2D eigenvalue weighted by Crippen LogP contribution is -2.66. The number of rotatable bonds is 71. The molecule has 0 spiro atoms. The fraction of sp³-hybridized carbons (Fsp3) is 1.00. The summed E-state index contributed by atoms with van der Waals surface area (Å²) in [6, 6.07) is 0. The minimum Gasteiger partial charge on any atom is -0.387 e. The monoisotopic (exact) mass is 1350 g/mol. The Balaban J connectivity index is 1.42. The summed E-state index contributed by atoms with van der Waals surface area (Å²) in [5, 5.41) is 108. The van der Waals surface area contributed by atoms with Gasteiger partial charge in [0.2, 0.25) is 0 Å². The Morgan fingerprint density at radius 3 is 0.617 bits per heavy atom. The molecule has 2 saturated heterocycles. The smallest absolute Gasteiger partial charge is 0.195 e. The molecule has 0 aromatic carbocycles. The van der Waals surface area contributed by atoms with Gasteiger partial charge in [0.25, 0.3) is 0 Å². The molecule has 0 aromatic heterocycles. The lowest BCUT2D eigenvalue weighted by Gasteiger charge is -2.47. The summed E-state index contributed by atoms with van der Waals surface area (Å²) >= 11 is 0. The second-order valence-corrected chi connectivity index (χ2v) is 29.0. The van der Waals surface area contributed by atoms with Gasteiger partial charge in [-0.15, -0.1) is 0 Å². The highest BCUT2D eigenvalue weighted by Gasteiger charge is 2.55. The van der Waals surface area contributed by atoms with Gasteiger partial charge in [0, 0.05) is 12.8 Å². The fourth-order valence-corrected chi connectivity index (χ4v) is 14.0. The molecule has 0 aromatic rings. The van der Waals surface area contributed by atoms with Gasteiger partial charge in [-0.1, -0.05) is 361 Å². The quantitative estimate of drug-likeness (QED) is 0.0201. The first-order valence-electron chi connectivity index (χ1n) is 40.5. The first kappa shape index (κ1) is 89.4. The molecule has 2 unspecified atom stereocenters. The van der Waals surface area contributed by atoms with Gasteiger partial charge in [0.15, 0.2) is 24.2 Å². The van der Waals surface area contributed by atoms with Gasteiger partial charge in [0.1, 0.15) is 48.8 Å². The standard InChI is InChI=1S/C78H154O16/c1-3-5-7-9-11-13-15-17-19-21-23-25-27-29-31-33-35-37-39-41-43-45-47-49-51-53-55-57-59-77(87)73(83)69(81)67(79)71(93-77)75(85)91-65-63-89-61-62-90-64-66-92-76(86)72-68(80)70(82)74(84)78(88,94-72)60-58-56-54-52-50-48-46-44-42-40-38-36-34-32-30-28-26-24-22-20-18-16-14-12-10-8-6-4-2/h67-76,79-88H,3-66H2,1-2H3/t67-,68-,69-,70-,71-,72-,73+,74+,75?,76?,77+,78+/m0/s1. The molecule has 2 fully saturated rings. The molecule has 0 aliphatic carbocycles. The highest BCUT2D eigenvalue weighted by Crippen LogP contribution is 2.36. The second-order valence-electron chi connectivity index (χ2n) is 29.0. The van der Waals surface area contributed by atoms with Crippen LogP contribution in [0.2, 0.25) is 0 Å². The maximum Gasteiger partial charge on any atom is 0.195 e. The van der Waals surface area contributed by atoms with E-state index >= 15 is 0 Å². The molecule has 2 aliphatic heterocycles. The lowest BCUT2D eigenvalue weighted by atomic mass is 9.89. The van der Waals surface area contributed by atoms with E-state index in [1.807, 2.05) is 0 Å². The van der Waals surface area contributed by atoms with Gasteiger partial charge in [-0.3, -0.25) is 0 Å². The van der Waals surface area contributed by atoms with Crippen molar-refractivity contribution in [3.8, 4) is 0 Å². The van der Waals surface area contributed by atoms with E-state index < -0.39 is 73.0 Å². The summed E-state index contributed by atoms with van der Waals surface area (Å²) in [5.74, 6) is -4.35. The zero-order valence-corrected chi connectivity index (χ0v) is 60.9. The summed E-state index contributed by atoms with van der Waals surface area (Å²) in [4.78, 5) is 0. The zero-order valence-electron chi connectivity index (χ0n) is 60.9. The summed E-state index contributed by atoms with van der Waals surface area (Å²) < 4.78 is 33.1. The lowest BCUT2D eigenvalue weighted by molar-refractivity contribution is -0.376. The molecule has 12 atom stereocenters. The third-order valence-corrected chi connectivity index (χ3v) is 20.4. The van der Waals surface area contributed by atoms with Crippen LogP contribution in [0.5, 0.6) is 0 Å². The first-order valence-corrected chi connectivity index (χ1v) is 40.5. The first-order chi connectivity index (χ1) is 45.8. The Morgan fingerprint density at radius 2 is 0.426 bits per heavy atom. The van der Waals surface area contributed by atoms with Crippen LogP contribution in [0.25, 0.3) is 0 Å². The van der Waals surface area contributed by atoms with Crippen molar-refractivity contribution in [2.45, 2.75) is 459 Å². The minimum atomic E-state index is -2.17. The highest BCUT2D eigenvalue weighted by molar-refractivity contribution is 4.98. The molecule has 10 N–H and O–H groups in total. The van der Waals surface area contributed by atoms with Crippen molar-refractivity contribution in [3.05, 3.63) is 0 Å². The fourth-order valence-electron chi connectivity index (χ4n) is 14.0. The van der Waals surface area contributed by atoms with Crippen molar-refractivity contribution in [3.63, 3.8) is 0 Å².